The highest BCUT2D eigenvalue weighted by molar-refractivity contribution is 7.92. The Bertz CT molecular complexity index is 1400. The summed E-state index contributed by atoms with van der Waals surface area (Å²) in [6.07, 6.45) is 2.41. The molecule has 0 aliphatic rings. The maximum Gasteiger partial charge on any atom is 0.260 e. The number of hydrogen-bond donors (Lipinski definition) is 2. The SMILES string of the molecule is Cc1ccc(N(CC(=O)N/N=C\c2ccc(OCC(=O)N[C@@H](C)c3ccccc3)cc2)S(C)(=O)=O)cc1Cl. The lowest BCUT2D eigenvalue weighted by Gasteiger charge is -2.21. The Kier molecular flexibility index (Phi) is 9.86. The number of rotatable bonds is 11. The van der Waals surface area contributed by atoms with Gasteiger partial charge in [-0.15, -0.1) is 0 Å². The molecule has 38 heavy (non-hydrogen) atoms. The molecule has 2 N–H and O–H groups in total. The number of carbonyl (C=O) groups is 2. The average molecular weight is 557 g/mol. The van der Waals surface area contributed by atoms with E-state index in [1.165, 1.54) is 12.3 Å². The molecule has 0 aromatic heterocycles. The van der Waals surface area contributed by atoms with E-state index in [0.717, 1.165) is 21.7 Å². The Hall–Kier alpha value is -3.89. The summed E-state index contributed by atoms with van der Waals surface area (Å²) in [6, 6.07) is 21.0. The van der Waals surface area contributed by atoms with Gasteiger partial charge in [0.05, 0.1) is 24.2 Å². The van der Waals surface area contributed by atoms with E-state index in [-0.39, 0.29) is 24.2 Å². The molecule has 0 aliphatic carbocycles. The number of amides is 2. The van der Waals surface area contributed by atoms with Crippen LogP contribution in [0.15, 0.2) is 77.9 Å². The van der Waals surface area contributed by atoms with Gasteiger partial charge in [0.25, 0.3) is 11.8 Å². The Morgan fingerprint density at radius 2 is 1.74 bits per heavy atom. The third kappa shape index (κ3) is 8.60. The smallest absolute Gasteiger partial charge is 0.260 e. The van der Waals surface area contributed by atoms with Crippen molar-refractivity contribution in [2.75, 3.05) is 23.7 Å². The van der Waals surface area contributed by atoms with Gasteiger partial charge in [0, 0.05) is 5.02 Å². The first-order valence-electron chi connectivity index (χ1n) is 11.7. The first-order chi connectivity index (χ1) is 18.0. The second-order valence-corrected chi connectivity index (χ2v) is 10.9. The van der Waals surface area contributed by atoms with Crippen LogP contribution in [0.5, 0.6) is 5.75 Å². The van der Waals surface area contributed by atoms with Crippen molar-refractivity contribution in [2.45, 2.75) is 19.9 Å². The number of halogens is 1. The van der Waals surface area contributed by atoms with Crippen LogP contribution in [0.4, 0.5) is 5.69 Å². The van der Waals surface area contributed by atoms with Gasteiger partial charge in [0.2, 0.25) is 10.0 Å². The van der Waals surface area contributed by atoms with Gasteiger partial charge in [-0.1, -0.05) is 48.0 Å². The minimum atomic E-state index is -3.74. The molecule has 0 saturated heterocycles. The van der Waals surface area contributed by atoms with Crippen molar-refractivity contribution >= 4 is 45.3 Å². The molecule has 1 atom stereocenters. The average Bonchev–Trinajstić information content (AvgIpc) is 2.88. The molecule has 0 fully saturated rings. The molecule has 0 radical (unpaired) electrons. The van der Waals surface area contributed by atoms with E-state index < -0.39 is 22.5 Å². The van der Waals surface area contributed by atoms with Crippen molar-refractivity contribution in [2.24, 2.45) is 5.10 Å². The summed E-state index contributed by atoms with van der Waals surface area (Å²) in [5.74, 6) is -0.376. The Labute approximate surface area is 227 Å². The molecule has 2 amide bonds. The monoisotopic (exact) mass is 556 g/mol. The number of nitrogens with one attached hydrogen (secondary N) is 2. The summed E-state index contributed by atoms with van der Waals surface area (Å²) in [5, 5.41) is 7.16. The fourth-order valence-corrected chi connectivity index (χ4v) is 4.41. The summed E-state index contributed by atoms with van der Waals surface area (Å²) in [7, 11) is -3.74. The van der Waals surface area contributed by atoms with E-state index in [4.69, 9.17) is 16.3 Å². The highest BCUT2D eigenvalue weighted by atomic mass is 35.5. The van der Waals surface area contributed by atoms with Gasteiger partial charge < -0.3 is 10.1 Å². The number of benzene rings is 3. The van der Waals surface area contributed by atoms with E-state index in [2.05, 4.69) is 15.8 Å². The number of ether oxygens (including phenoxy) is 1. The van der Waals surface area contributed by atoms with Crippen molar-refractivity contribution in [3.8, 4) is 5.75 Å². The highest BCUT2D eigenvalue weighted by Crippen LogP contribution is 2.24. The van der Waals surface area contributed by atoms with E-state index in [0.29, 0.717) is 16.3 Å². The number of hydrazone groups is 1. The zero-order valence-corrected chi connectivity index (χ0v) is 22.8. The first kappa shape index (κ1) is 28.7. The van der Waals surface area contributed by atoms with Crippen LogP contribution in [0.3, 0.4) is 0 Å². The quantitative estimate of drug-likeness (QED) is 0.275. The van der Waals surface area contributed by atoms with E-state index >= 15 is 0 Å². The molecule has 0 bridgehead atoms. The molecular weight excluding hydrogens is 528 g/mol. The van der Waals surface area contributed by atoms with Gasteiger partial charge in [0.1, 0.15) is 12.3 Å². The third-order valence-corrected chi connectivity index (χ3v) is 7.01. The number of anilines is 1. The van der Waals surface area contributed by atoms with E-state index in [1.807, 2.05) is 37.3 Å². The van der Waals surface area contributed by atoms with Crippen LogP contribution in [-0.4, -0.2) is 45.9 Å². The standard InChI is InChI=1S/C27H29ClN4O5S/c1-19-9-12-23(15-25(19)28)32(38(3,35)36)17-26(33)31-29-16-21-10-13-24(14-11-21)37-18-27(34)30-20(2)22-7-5-4-6-8-22/h4-16,20H,17-18H2,1-3H3,(H,30,34)(H,31,33)/b29-16-/t20-/m0/s1. The van der Waals surface area contributed by atoms with Gasteiger partial charge in [-0.2, -0.15) is 5.10 Å². The van der Waals surface area contributed by atoms with Crippen LogP contribution in [0.2, 0.25) is 5.02 Å². The Balaban J connectivity index is 1.49. The molecule has 3 rings (SSSR count). The minimum Gasteiger partial charge on any atom is -0.484 e. The van der Waals surface area contributed by atoms with E-state index in [9.17, 15) is 18.0 Å². The van der Waals surface area contributed by atoms with Crippen LogP contribution in [0.25, 0.3) is 0 Å². The van der Waals surface area contributed by atoms with Crippen molar-refractivity contribution in [3.05, 3.63) is 94.5 Å². The molecule has 9 nitrogen and oxygen atoms in total. The maximum absolute atomic E-state index is 12.4. The molecule has 0 unspecified atom stereocenters. The molecule has 0 aliphatic heterocycles. The van der Waals surface area contributed by atoms with E-state index in [1.54, 1.807) is 43.3 Å². The zero-order chi connectivity index (χ0) is 27.7. The fourth-order valence-electron chi connectivity index (χ4n) is 3.39. The molecule has 200 valence electrons. The summed E-state index contributed by atoms with van der Waals surface area (Å²) in [5.41, 5.74) is 5.05. The molecule has 3 aromatic rings. The van der Waals surface area contributed by atoms with Crippen LogP contribution in [0, 0.1) is 6.92 Å². The molecule has 3 aromatic carbocycles. The minimum absolute atomic E-state index is 0.135. The second kappa shape index (κ2) is 13.1. The van der Waals surface area contributed by atoms with Gasteiger partial charge in [-0.25, -0.2) is 13.8 Å². The zero-order valence-electron chi connectivity index (χ0n) is 21.2. The topological polar surface area (TPSA) is 117 Å². The number of carbonyl (C=O) groups excluding carboxylic acids is 2. The lowest BCUT2D eigenvalue weighted by Crippen LogP contribution is -2.39. The summed E-state index contributed by atoms with van der Waals surface area (Å²) >= 11 is 6.11. The van der Waals surface area contributed by atoms with Crippen molar-refractivity contribution in [1.29, 1.82) is 0 Å². The number of aryl methyl sites for hydroxylation is 1. The second-order valence-electron chi connectivity index (χ2n) is 8.55. The Morgan fingerprint density at radius 1 is 1.05 bits per heavy atom. The predicted molar refractivity (Wildman–Crippen MR) is 149 cm³/mol. The van der Waals surface area contributed by atoms with Crippen molar-refractivity contribution in [3.63, 3.8) is 0 Å². The first-order valence-corrected chi connectivity index (χ1v) is 13.9. The van der Waals surface area contributed by atoms with Crippen LogP contribution < -0.4 is 19.8 Å². The lowest BCUT2D eigenvalue weighted by molar-refractivity contribution is -0.123. The summed E-state index contributed by atoms with van der Waals surface area (Å²) < 4.78 is 31.0. The van der Waals surface area contributed by atoms with Crippen LogP contribution >= 0.6 is 11.6 Å². The lowest BCUT2D eigenvalue weighted by atomic mass is 10.1. The summed E-state index contributed by atoms with van der Waals surface area (Å²) in [6.45, 7) is 3.09. The van der Waals surface area contributed by atoms with Gasteiger partial charge in [0.15, 0.2) is 6.61 Å². The summed E-state index contributed by atoms with van der Waals surface area (Å²) in [4.78, 5) is 24.6. The predicted octanol–water partition coefficient (Wildman–Crippen LogP) is 3.82. The number of nitrogens with zero attached hydrogens (tertiary/aromatic N) is 2. The molecule has 0 heterocycles. The van der Waals surface area contributed by atoms with Gasteiger partial charge in [-0.05, 0) is 66.9 Å². The van der Waals surface area contributed by atoms with Crippen LogP contribution in [0.1, 0.15) is 29.7 Å². The Morgan fingerprint density at radius 3 is 2.37 bits per heavy atom. The fraction of sp³-hybridized carbons (Fsp3) is 0.222. The molecule has 0 saturated carbocycles. The van der Waals surface area contributed by atoms with Gasteiger partial charge in [-0.3, -0.25) is 13.9 Å². The number of sulfonamides is 1. The largest absolute Gasteiger partial charge is 0.484 e. The third-order valence-electron chi connectivity index (χ3n) is 5.46. The molecule has 0 spiro atoms. The molecular formula is C27H29ClN4O5S. The van der Waals surface area contributed by atoms with Crippen LogP contribution in [-0.2, 0) is 19.6 Å². The normalized spacial score (nSPS) is 12.1. The van der Waals surface area contributed by atoms with Gasteiger partial charge >= 0.3 is 0 Å². The number of hydrogen-bond acceptors (Lipinski definition) is 6. The van der Waals surface area contributed by atoms with Crippen molar-refractivity contribution < 1.29 is 22.7 Å². The highest BCUT2D eigenvalue weighted by Gasteiger charge is 2.21. The van der Waals surface area contributed by atoms with Crippen molar-refractivity contribution in [1.82, 2.24) is 10.7 Å². The maximum atomic E-state index is 12.4. The molecule has 11 heteroatoms.